The van der Waals surface area contributed by atoms with Crippen LogP contribution in [0.5, 0.6) is 0 Å². The fourth-order valence-electron chi connectivity index (χ4n) is 2.25. The van der Waals surface area contributed by atoms with Crippen molar-refractivity contribution in [3.8, 4) is 0 Å². The van der Waals surface area contributed by atoms with Crippen molar-refractivity contribution < 1.29 is 19.1 Å². The van der Waals surface area contributed by atoms with Gasteiger partial charge in [0.05, 0.1) is 13.2 Å². The molecule has 0 saturated carbocycles. The Morgan fingerprint density at radius 2 is 1.95 bits per heavy atom. The minimum absolute atomic E-state index is 0.00992. The van der Waals surface area contributed by atoms with E-state index in [2.05, 4.69) is 5.32 Å². The van der Waals surface area contributed by atoms with Gasteiger partial charge in [-0.2, -0.15) is 0 Å². The van der Waals surface area contributed by atoms with Gasteiger partial charge in [0.2, 0.25) is 0 Å². The van der Waals surface area contributed by atoms with E-state index in [1.807, 2.05) is 0 Å². The fraction of sp³-hybridized carbons (Fsp3) is 0.833. The maximum atomic E-state index is 12.2. The van der Waals surface area contributed by atoms with Crippen LogP contribution >= 0.6 is 0 Å². The van der Waals surface area contributed by atoms with Gasteiger partial charge in [-0.05, 0) is 6.92 Å². The Kier molecular flexibility index (Phi) is 4.98. The number of rotatable bonds is 2. The summed E-state index contributed by atoms with van der Waals surface area (Å²) in [5.74, 6) is 0.00992. The van der Waals surface area contributed by atoms with Gasteiger partial charge < -0.3 is 24.6 Å². The van der Waals surface area contributed by atoms with Crippen LogP contribution in [0.3, 0.4) is 0 Å². The van der Waals surface area contributed by atoms with Gasteiger partial charge >= 0.3 is 6.09 Å². The molecule has 108 valence electrons. The van der Waals surface area contributed by atoms with Crippen LogP contribution in [0.25, 0.3) is 0 Å². The molecule has 0 unspecified atom stereocenters. The fourth-order valence-corrected chi connectivity index (χ4v) is 2.25. The molecule has 0 aromatic heterocycles. The summed E-state index contributed by atoms with van der Waals surface area (Å²) in [6, 6.07) is 0. The molecule has 0 aromatic rings. The Labute approximate surface area is 112 Å². The maximum Gasteiger partial charge on any atom is 0.409 e. The molecule has 7 nitrogen and oxygen atoms in total. The first kappa shape index (κ1) is 14.1. The maximum absolute atomic E-state index is 12.2. The minimum atomic E-state index is -0.386. The molecule has 2 amide bonds. The molecule has 2 heterocycles. The molecule has 1 N–H and O–H groups in total. The van der Waals surface area contributed by atoms with Crippen LogP contribution < -0.4 is 5.32 Å². The number of hydrogen-bond acceptors (Lipinski definition) is 5. The van der Waals surface area contributed by atoms with Crippen LogP contribution in [0.1, 0.15) is 6.92 Å². The molecule has 1 atom stereocenters. The summed E-state index contributed by atoms with van der Waals surface area (Å²) < 4.78 is 10.4. The van der Waals surface area contributed by atoms with E-state index in [0.29, 0.717) is 45.9 Å². The van der Waals surface area contributed by atoms with Crippen molar-refractivity contribution in [2.45, 2.75) is 13.0 Å². The average Bonchev–Trinajstić information content (AvgIpc) is 2.48. The highest BCUT2D eigenvalue weighted by atomic mass is 16.6. The summed E-state index contributed by atoms with van der Waals surface area (Å²) in [5.41, 5.74) is 0. The molecule has 2 aliphatic rings. The number of nitrogens with one attached hydrogen (secondary N) is 1. The first-order chi connectivity index (χ1) is 9.22. The summed E-state index contributed by atoms with van der Waals surface area (Å²) in [7, 11) is 0. The van der Waals surface area contributed by atoms with Crippen molar-refractivity contribution in [1.82, 2.24) is 15.1 Å². The lowest BCUT2D eigenvalue weighted by Crippen LogP contribution is -2.56. The number of hydrogen-bond donors (Lipinski definition) is 1. The number of carbonyl (C=O) groups excluding carboxylic acids is 2. The third-order valence-corrected chi connectivity index (χ3v) is 3.32. The third kappa shape index (κ3) is 3.57. The Morgan fingerprint density at radius 1 is 1.26 bits per heavy atom. The lowest BCUT2D eigenvalue weighted by molar-refractivity contribution is -0.146. The summed E-state index contributed by atoms with van der Waals surface area (Å²) in [6.07, 6.45) is -0.687. The molecule has 2 fully saturated rings. The Morgan fingerprint density at radius 3 is 2.53 bits per heavy atom. The van der Waals surface area contributed by atoms with Crippen molar-refractivity contribution in [3.05, 3.63) is 0 Å². The van der Waals surface area contributed by atoms with Gasteiger partial charge in [-0.1, -0.05) is 0 Å². The SMILES string of the molecule is CCOC(=O)N1CCN(C(=O)[C@H]2CNCCO2)CC1. The van der Waals surface area contributed by atoms with Crippen LogP contribution in [0.4, 0.5) is 4.79 Å². The number of ether oxygens (including phenoxy) is 2. The van der Waals surface area contributed by atoms with Crippen LogP contribution in [0.2, 0.25) is 0 Å². The van der Waals surface area contributed by atoms with Gasteiger partial charge in [-0.25, -0.2) is 4.79 Å². The van der Waals surface area contributed by atoms with Crippen molar-refractivity contribution >= 4 is 12.0 Å². The van der Waals surface area contributed by atoms with Gasteiger partial charge in [0.1, 0.15) is 6.10 Å². The van der Waals surface area contributed by atoms with Crippen LogP contribution in [0, 0.1) is 0 Å². The molecule has 0 radical (unpaired) electrons. The van der Waals surface area contributed by atoms with E-state index in [4.69, 9.17) is 9.47 Å². The van der Waals surface area contributed by atoms with Gasteiger partial charge in [-0.3, -0.25) is 4.79 Å². The first-order valence-corrected chi connectivity index (χ1v) is 6.75. The topological polar surface area (TPSA) is 71.1 Å². The zero-order valence-electron chi connectivity index (χ0n) is 11.3. The summed E-state index contributed by atoms with van der Waals surface area (Å²) in [6.45, 7) is 6.20. The molecule has 2 aliphatic heterocycles. The largest absolute Gasteiger partial charge is 0.450 e. The summed E-state index contributed by atoms with van der Waals surface area (Å²) in [5, 5.41) is 3.14. The highest BCUT2D eigenvalue weighted by Gasteiger charge is 2.30. The predicted molar refractivity (Wildman–Crippen MR) is 67.8 cm³/mol. The van der Waals surface area contributed by atoms with Crippen LogP contribution in [-0.2, 0) is 14.3 Å². The van der Waals surface area contributed by atoms with E-state index in [1.165, 1.54) is 0 Å². The Balaban J connectivity index is 1.79. The van der Waals surface area contributed by atoms with E-state index >= 15 is 0 Å². The molecule has 2 rings (SSSR count). The van der Waals surface area contributed by atoms with E-state index in [9.17, 15) is 9.59 Å². The van der Waals surface area contributed by atoms with E-state index in [-0.39, 0.29) is 18.1 Å². The number of nitrogens with zero attached hydrogens (tertiary/aromatic N) is 2. The van der Waals surface area contributed by atoms with Crippen molar-refractivity contribution in [2.24, 2.45) is 0 Å². The van der Waals surface area contributed by atoms with Crippen molar-refractivity contribution in [1.29, 1.82) is 0 Å². The average molecular weight is 271 g/mol. The second kappa shape index (κ2) is 6.72. The van der Waals surface area contributed by atoms with E-state index in [1.54, 1.807) is 16.7 Å². The lowest BCUT2D eigenvalue weighted by atomic mass is 10.2. The monoisotopic (exact) mass is 271 g/mol. The lowest BCUT2D eigenvalue weighted by Gasteiger charge is -2.36. The molecule has 0 aliphatic carbocycles. The van der Waals surface area contributed by atoms with Gasteiger partial charge in [0.25, 0.3) is 5.91 Å². The first-order valence-electron chi connectivity index (χ1n) is 6.75. The zero-order chi connectivity index (χ0) is 13.7. The highest BCUT2D eigenvalue weighted by Crippen LogP contribution is 2.08. The van der Waals surface area contributed by atoms with Gasteiger partial charge in [-0.15, -0.1) is 0 Å². The minimum Gasteiger partial charge on any atom is -0.450 e. The van der Waals surface area contributed by atoms with E-state index in [0.717, 1.165) is 6.54 Å². The molecule has 0 spiro atoms. The predicted octanol–water partition coefficient (Wildman–Crippen LogP) is -0.724. The number of carbonyl (C=O) groups is 2. The van der Waals surface area contributed by atoms with Crippen molar-refractivity contribution in [2.75, 3.05) is 52.5 Å². The highest BCUT2D eigenvalue weighted by molar-refractivity contribution is 5.81. The summed E-state index contributed by atoms with van der Waals surface area (Å²) >= 11 is 0. The van der Waals surface area contributed by atoms with Crippen LogP contribution in [0.15, 0.2) is 0 Å². The number of amides is 2. The standard InChI is InChI=1S/C12H21N3O4/c1-2-18-12(17)15-6-4-14(5-7-15)11(16)10-9-13-3-8-19-10/h10,13H,2-9H2,1H3/t10-/m1/s1. The molecular formula is C12H21N3O4. The zero-order valence-corrected chi connectivity index (χ0v) is 11.3. The number of morpholine rings is 1. The Hall–Kier alpha value is -1.34. The molecule has 7 heteroatoms. The van der Waals surface area contributed by atoms with E-state index < -0.39 is 0 Å². The quantitative estimate of drug-likeness (QED) is 0.717. The molecular weight excluding hydrogens is 250 g/mol. The molecule has 19 heavy (non-hydrogen) atoms. The van der Waals surface area contributed by atoms with Crippen molar-refractivity contribution in [3.63, 3.8) is 0 Å². The van der Waals surface area contributed by atoms with Crippen LogP contribution in [-0.4, -0.2) is 80.4 Å². The third-order valence-electron chi connectivity index (χ3n) is 3.32. The smallest absolute Gasteiger partial charge is 0.409 e. The second-order valence-electron chi connectivity index (χ2n) is 4.57. The Bertz CT molecular complexity index is 323. The van der Waals surface area contributed by atoms with Gasteiger partial charge in [0.15, 0.2) is 0 Å². The molecule has 0 aromatic carbocycles. The van der Waals surface area contributed by atoms with Gasteiger partial charge in [0, 0.05) is 39.3 Å². The number of piperazine rings is 1. The summed E-state index contributed by atoms with van der Waals surface area (Å²) in [4.78, 5) is 27.1. The molecule has 2 saturated heterocycles. The normalized spacial score (nSPS) is 24.2. The second-order valence-corrected chi connectivity index (χ2v) is 4.57. The molecule has 0 bridgehead atoms.